The Morgan fingerprint density at radius 2 is 2.00 bits per heavy atom. The highest BCUT2D eigenvalue weighted by Crippen LogP contribution is 2.30. The Labute approximate surface area is 108 Å². The van der Waals surface area contributed by atoms with Gasteiger partial charge in [-0.05, 0) is 12.8 Å². The molecule has 104 valence electrons. The lowest BCUT2D eigenvalue weighted by Crippen LogP contribution is -2.65. The Morgan fingerprint density at radius 3 is 2.56 bits per heavy atom. The zero-order valence-electron chi connectivity index (χ0n) is 10.6. The predicted octanol–water partition coefficient (Wildman–Crippen LogP) is -0.988. The molecule has 0 amide bonds. The molecule has 0 bridgehead atoms. The molecule has 7 heteroatoms. The smallest absolute Gasteiger partial charge is 0.327 e. The van der Waals surface area contributed by atoms with Crippen molar-refractivity contribution < 1.29 is 17.9 Å². The lowest BCUT2D eigenvalue weighted by atomic mass is 9.92. The maximum atomic E-state index is 12.1. The Kier molecular flexibility index (Phi) is 3.93. The Bertz CT molecular complexity index is 417. The van der Waals surface area contributed by atoms with Gasteiger partial charge in [-0.3, -0.25) is 9.69 Å². The van der Waals surface area contributed by atoms with Gasteiger partial charge < -0.3 is 10.1 Å². The number of ether oxygens (including phenoxy) is 1. The van der Waals surface area contributed by atoms with Gasteiger partial charge in [-0.25, -0.2) is 8.42 Å². The van der Waals surface area contributed by atoms with Crippen molar-refractivity contribution in [3.63, 3.8) is 0 Å². The number of methoxy groups -OCH3 is 1. The third-order valence-corrected chi connectivity index (χ3v) is 5.62. The Hall–Kier alpha value is -0.660. The number of nitrogens with zero attached hydrogens (tertiary/aromatic N) is 1. The lowest BCUT2D eigenvalue weighted by Gasteiger charge is -2.45. The molecule has 0 saturated carbocycles. The summed E-state index contributed by atoms with van der Waals surface area (Å²) in [6.07, 6.45) is 1.10. The number of piperazine rings is 1. The van der Waals surface area contributed by atoms with Gasteiger partial charge in [-0.1, -0.05) is 0 Å². The second-order valence-corrected chi connectivity index (χ2v) is 7.14. The van der Waals surface area contributed by atoms with E-state index in [1.807, 2.05) is 4.90 Å². The topological polar surface area (TPSA) is 75.7 Å². The molecule has 1 N–H and O–H groups in total. The van der Waals surface area contributed by atoms with Gasteiger partial charge in [-0.15, -0.1) is 0 Å². The van der Waals surface area contributed by atoms with Gasteiger partial charge >= 0.3 is 5.97 Å². The first-order valence-corrected chi connectivity index (χ1v) is 8.07. The van der Waals surface area contributed by atoms with Gasteiger partial charge in [0.1, 0.15) is 5.54 Å². The molecule has 2 aliphatic rings. The van der Waals surface area contributed by atoms with Crippen LogP contribution in [0.15, 0.2) is 0 Å². The highest BCUT2D eigenvalue weighted by Gasteiger charge is 2.50. The summed E-state index contributed by atoms with van der Waals surface area (Å²) in [5.74, 6) is -0.336. The van der Waals surface area contributed by atoms with Crippen molar-refractivity contribution in [2.24, 2.45) is 0 Å². The van der Waals surface area contributed by atoms with E-state index in [1.54, 1.807) is 0 Å². The first kappa shape index (κ1) is 13.8. The van der Waals surface area contributed by atoms with E-state index in [2.05, 4.69) is 5.32 Å². The number of rotatable bonds is 2. The van der Waals surface area contributed by atoms with Crippen molar-refractivity contribution in [2.45, 2.75) is 18.4 Å². The standard InChI is InChI=1S/C11H20N2O4S/c1-17-10(14)11(13-6-4-12-5-7-13)3-2-8-18(15,16)9-11/h12H,2-9H2,1H3. The molecule has 0 aromatic heterocycles. The van der Waals surface area contributed by atoms with Crippen LogP contribution >= 0.6 is 0 Å². The van der Waals surface area contributed by atoms with E-state index >= 15 is 0 Å². The van der Waals surface area contributed by atoms with Crippen molar-refractivity contribution in [3.8, 4) is 0 Å². The minimum absolute atomic E-state index is 0.104. The van der Waals surface area contributed by atoms with Crippen LogP contribution in [0.5, 0.6) is 0 Å². The number of esters is 1. The molecule has 2 rings (SSSR count). The second kappa shape index (κ2) is 5.14. The van der Waals surface area contributed by atoms with Crippen molar-refractivity contribution in [1.29, 1.82) is 0 Å². The molecule has 6 nitrogen and oxygen atoms in total. The fourth-order valence-corrected chi connectivity index (χ4v) is 4.82. The summed E-state index contributed by atoms with van der Waals surface area (Å²) in [5, 5.41) is 3.21. The maximum Gasteiger partial charge on any atom is 0.327 e. The summed E-state index contributed by atoms with van der Waals surface area (Å²) in [5.41, 5.74) is -0.964. The molecule has 0 aromatic carbocycles. The molecule has 2 aliphatic heterocycles. The zero-order chi connectivity index (χ0) is 13.2. The quantitative estimate of drug-likeness (QED) is 0.653. The number of nitrogens with one attached hydrogen (secondary N) is 1. The first-order chi connectivity index (χ1) is 8.50. The minimum Gasteiger partial charge on any atom is -0.468 e. The lowest BCUT2D eigenvalue weighted by molar-refractivity contribution is -0.155. The first-order valence-electron chi connectivity index (χ1n) is 6.25. The van der Waals surface area contributed by atoms with E-state index in [4.69, 9.17) is 4.74 Å². The van der Waals surface area contributed by atoms with Crippen LogP contribution in [0.4, 0.5) is 0 Å². The zero-order valence-corrected chi connectivity index (χ0v) is 11.5. The number of carbonyl (C=O) groups is 1. The number of hydrogen-bond donors (Lipinski definition) is 1. The molecule has 2 heterocycles. The van der Waals surface area contributed by atoms with Crippen LogP contribution in [0.1, 0.15) is 12.8 Å². The molecule has 18 heavy (non-hydrogen) atoms. The highest BCUT2D eigenvalue weighted by atomic mass is 32.2. The van der Waals surface area contributed by atoms with Crippen LogP contribution in [0.25, 0.3) is 0 Å². The largest absolute Gasteiger partial charge is 0.468 e. The Balaban J connectivity index is 2.30. The van der Waals surface area contributed by atoms with E-state index in [0.29, 0.717) is 25.9 Å². The molecule has 0 spiro atoms. The van der Waals surface area contributed by atoms with Crippen LogP contribution in [-0.4, -0.2) is 69.6 Å². The third kappa shape index (κ3) is 2.53. The van der Waals surface area contributed by atoms with Gasteiger partial charge in [0.05, 0.1) is 18.6 Å². The van der Waals surface area contributed by atoms with Gasteiger partial charge in [-0.2, -0.15) is 0 Å². The summed E-state index contributed by atoms with van der Waals surface area (Å²) < 4.78 is 28.6. The SMILES string of the molecule is COC(=O)C1(N2CCNCC2)CCCS(=O)(=O)C1. The molecule has 1 unspecified atom stereocenters. The molecular weight excluding hydrogens is 256 g/mol. The molecule has 0 aromatic rings. The summed E-state index contributed by atoms with van der Waals surface area (Å²) in [7, 11) is -1.83. The van der Waals surface area contributed by atoms with Crippen LogP contribution in [-0.2, 0) is 19.4 Å². The average Bonchev–Trinajstić information content (AvgIpc) is 2.37. The van der Waals surface area contributed by atoms with E-state index < -0.39 is 21.3 Å². The van der Waals surface area contributed by atoms with Gasteiger partial charge in [0.15, 0.2) is 9.84 Å². The summed E-state index contributed by atoms with van der Waals surface area (Å²) in [4.78, 5) is 14.1. The van der Waals surface area contributed by atoms with Crippen LogP contribution in [0.2, 0.25) is 0 Å². The fraction of sp³-hybridized carbons (Fsp3) is 0.909. The van der Waals surface area contributed by atoms with E-state index in [9.17, 15) is 13.2 Å². The van der Waals surface area contributed by atoms with Crippen molar-refractivity contribution in [1.82, 2.24) is 10.2 Å². The fourth-order valence-electron chi connectivity index (χ4n) is 2.92. The molecule has 0 radical (unpaired) electrons. The Morgan fingerprint density at radius 1 is 1.33 bits per heavy atom. The monoisotopic (exact) mass is 276 g/mol. The molecule has 1 atom stereocenters. The summed E-state index contributed by atoms with van der Waals surface area (Å²) in [6.45, 7) is 2.92. The minimum atomic E-state index is -3.16. The average molecular weight is 276 g/mol. The van der Waals surface area contributed by atoms with Crippen LogP contribution < -0.4 is 5.32 Å². The highest BCUT2D eigenvalue weighted by molar-refractivity contribution is 7.91. The predicted molar refractivity (Wildman–Crippen MR) is 67.1 cm³/mol. The normalized spacial score (nSPS) is 32.9. The molecular formula is C11H20N2O4S. The van der Waals surface area contributed by atoms with Crippen LogP contribution in [0.3, 0.4) is 0 Å². The van der Waals surface area contributed by atoms with E-state index in [-0.39, 0.29) is 11.5 Å². The summed E-state index contributed by atoms with van der Waals surface area (Å²) >= 11 is 0. The van der Waals surface area contributed by atoms with E-state index in [0.717, 1.165) is 13.1 Å². The third-order valence-electron chi connectivity index (χ3n) is 3.79. The number of sulfone groups is 1. The number of hydrogen-bond acceptors (Lipinski definition) is 6. The van der Waals surface area contributed by atoms with Crippen molar-refractivity contribution in [2.75, 3.05) is 44.8 Å². The van der Waals surface area contributed by atoms with Crippen molar-refractivity contribution >= 4 is 15.8 Å². The van der Waals surface area contributed by atoms with E-state index in [1.165, 1.54) is 7.11 Å². The molecule has 2 saturated heterocycles. The van der Waals surface area contributed by atoms with Crippen molar-refractivity contribution in [3.05, 3.63) is 0 Å². The molecule has 0 aliphatic carbocycles. The second-order valence-electron chi connectivity index (χ2n) is 4.96. The molecule has 2 fully saturated rings. The van der Waals surface area contributed by atoms with Crippen LogP contribution in [0, 0.1) is 0 Å². The number of carbonyl (C=O) groups excluding carboxylic acids is 1. The maximum absolute atomic E-state index is 12.1. The van der Waals surface area contributed by atoms with Gasteiger partial charge in [0.2, 0.25) is 0 Å². The van der Waals surface area contributed by atoms with Gasteiger partial charge in [0, 0.05) is 26.2 Å². The van der Waals surface area contributed by atoms with Gasteiger partial charge in [0.25, 0.3) is 0 Å². The summed E-state index contributed by atoms with van der Waals surface area (Å²) in [6, 6.07) is 0.